The van der Waals surface area contributed by atoms with E-state index in [1.54, 1.807) is 22.5 Å². The van der Waals surface area contributed by atoms with Gasteiger partial charge in [-0.25, -0.2) is 5.48 Å². The number of para-hydroxylation sites is 1. The Labute approximate surface area is 145 Å². The normalized spacial score (nSPS) is 14.8. The van der Waals surface area contributed by atoms with E-state index in [0.717, 1.165) is 11.3 Å². The number of hydroxylamine groups is 1. The van der Waals surface area contributed by atoms with Crippen molar-refractivity contribution in [2.75, 3.05) is 31.1 Å². The van der Waals surface area contributed by atoms with Crippen LogP contribution in [0.1, 0.15) is 15.9 Å². The number of nitrogens with zero attached hydrogens (tertiary/aromatic N) is 2. The van der Waals surface area contributed by atoms with Gasteiger partial charge >= 0.3 is 0 Å². The van der Waals surface area contributed by atoms with Crippen LogP contribution >= 0.6 is 0 Å². The van der Waals surface area contributed by atoms with Crippen molar-refractivity contribution >= 4 is 23.6 Å². The van der Waals surface area contributed by atoms with Crippen LogP contribution in [-0.2, 0) is 4.79 Å². The summed E-state index contributed by atoms with van der Waals surface area (Å²) in [5.74, 6) is -0.605. The first kappa shape index (κ1) is 16.8. The second-order valence-corrected chi connectivity index (χ2v) is 5.66. The highest BCUT2D eigenvalue weighted by Gasteiger charge is 2.23. The molecule has 1 aromatic heterocycles. The molecule has 7 nitrogen and oxygen atoms in total. The predicted octanol–water partition coefficient (Wildman–Crippen LogP) is 1.76. The van der Waals surface area contributed by atoms with Gasteiger partial charge in [0.1, 0.15) is 6.26 Å². The molecule has 0 radical (unpaired) electrons. The van der Waals surface area contributed by atoms with Crippen molar-refractivity contribution in [1.29, 1.82) is 0 Å². The minimum absolute atomic E-state index is 0.0267. The average molecular weight is 341 g/mol. The number of furan rings is 1. The van der Waals surface area contributed by atoms with Gasteiger partial charge in [-0.05, 0) is 23.8 Å². The maximum absolute atomic E-state index is 12.3. The molecule has 1 saturated heterocycles. The van der Waals surface area contributed by atoms with Crippen LogP contribution < -0.4 is 10.4 Å². The molecule has 7 heteroatoms. The molecule has 0 bridgehead atoms. The van der Waals surface area contributed by atoms with E-state index in [2.05, 4.69) is 4.90 Å². The van der Waals surface area contributed by atoms with Gasteiger partial charge in [-0.15, -0.1) is 0 Å². The van der Waals surface area contributed by atoms with Gasteiger partial charge in [-0.3, -0.25) is 14.8 Å². The fraction of sp³-hybridized carbons (Fsp3) is 0.222. The van der Waals surface area contributed by atoms with Crippen LogP contribution in [0.4, 0.5) is 5.69 Å². The summed E-state index contributed by atoms with van der Waals surface area (Å²) in [6, 6.07) is 9.37. The topological polar surface area (TPSA) is 86.0 Å². The zero-order valence-corrected chi connectivity index (χ0v) is 13.6. The lowest BCUT2D eigenvalue weighted by Crippen LogP contribution is -2.48. The van der Waals surface area contributed by atoms with Gasteiger partial charge in [0.2, 0.25) is 0 Å². The lowest BCUT2D eigenvalue weighted by atomic mass is 10.1. The van der Waals surface area contributed by atoms with Gasteiger partial charge in [-0.1, -0.05) is 18.2 Å². The van der Waals surface area contributed by atoms with Gasteiger partial charge in [0.15, 0.2) is 0 Å². The Balaban J connectivity index is 1.68. The van der Waals surface area contributed by atoms with Crippen molar-refractivity contribution in [3.8, 4) is 0 Å². The molecule has 2 heterocycles. The van der Waals surface area contributed by atoms with E-state index >= 15 is 0 Å². The van der Waals surface area contributed by atoms with E-state index in [1.807, 2.05) is 24.3 Å². The van der Waals surface area contributed by atoms with Crippen molar-refractivity contribution in [3.05, 3.63) is 60.1 Å². The van der Waals surface area contributed by atoms with Gasteiger partial charge in [0.25, 0.3) is 11.8 Å². The van der Waals surface area contributed by atoms with E-state index < -0.39 is 5.91 Å². The molecule has 1 aromatic carbocycles. The van der Waals surface area contributed by atoms with Gasteiger partial charge in [0, 0.05) is 37.9 Å². The highest BCUT2D eigenvalue weighted by molar-refractivity contribution is 5.94. The molecule has 2 aromatic rings. The Morgan fingerprint density at radius 3 is 2.56 bits per heavy atom. The summed E-state index contributed by atoms with van der Waals surface area (Å²) in [5.41, 5.74) is 4.00. The molecule has 0 aliphatic carbocycles. The van der Waals surface area contributed by atoms with Crippen LogP contribution in [0.25, 0.3) is 6.08 Å². The van der Waals surface area contributed by atoms with Gasteiger partial charge in [0.05, 0.1) is 11.8 Å². The Hall–Kier alpha value is -3.06. The number of nitrogens with one attached hydrogen (secondary N) is 1. The zero-order valence-electron chi connectivity index (χ0n) is 13.6. The van der Waals surface area contributed by atoms with E-state index in [1.165, 1.54) is 18.6 Å². The fourth-order valence-electron chi connectivity index (χ4n) is 2.84. The number of benzene rings is 1. The SMILES string of the molecule is O=C(C=Cc1ccccc1N1CCN(C(=O)c2ccoc2)CC1)NO. The van der Waals surface area contributed by atoms with Crippen LogP contribution in [0.15, 0.2) is 53.4 Å². The molecule has 3 rings (SSSR count). The predicted molar refractivity (Wildman–Crippen MR) is 92.2 cm³/mol. The van der Waals surface area contributed by atoms with Crippen molar-refractivity contribution in [2.45, 2.75) is 0 Å². The largest absolute Gasteiger partial charge is 0.472 e. The highest BCUT2D eigenvalue weighted by atomic mass is 16.5. The maximum atomic E-state index is 12.3. The standard InChI is InChI=1S/C18H19N3O4/c22-17(19-24)6-5-14-3-1-2-4-16(14)20-8-10-21(11-9-20)18(23)15-7-12-25-13-15/h1-7,12-13,24H,8-11H2,(H,19,22). The summed E-state index contributed by atoms with van der Waals surface area (Å²) in [6.07, 6.45) is 5.89. The number of piperazine rings is 1. The quantitative estimate of drug-likeness (QED) is 0.503. The zero-order chi connectivity index (χ0) is 17.6. The number of rotatable bonds is 4. The molecule has 25 heavy (non-hydrogen) atoms. The number of carbonyl (C=O) groups is 2. The number of hydrogen-bond acceptors (Lipinski definition) is 5. The number of anilines is 1. The van der Waals surface area contributed by atoms with Crippen molar-refractivity contribution < 1.29 is 19.2 Å². The van der Waals surface area contributed by atoms with E-state index in [9.17, 15) is 9.59 Å². The average Bonchev–Trinajstić information content (AvgIpc) is 3.20. The molecular formula is C18H19N3O4. The molecule has 0 unspecified atom stereocenters. The molecule has 2 amide bonds. The molecular weight excluding hydrogens is 322 g/mol. The highest BCUT2D eigenvalue weighted by Crippen LogP contribution is 2.23. The number of carbonyl (C=O) groups excluding carboxylic acids is 2. The first-order chi connectivity index (χ1) is 12.2. The fourth-order valence-corrected chi connectivity index (χ4v) is 2.84. The first-order valence-electron chi connectivity index (χ1n) is 7.96. The number of amides is 2. The van der Waals surface area contributed by atoms with Crippen LogP contribution in [-0.4, -0.2) is 48.1 Å². The molecule has 1 aliphatic heterocycles. The lowest BCUT2D eigenvalue weighted by molar-refractivity contribution is -0.124. The second-order valence-electron chi connectivity index (χ2n) is 5.66. The summed E-state index contributed by atoms with van der Waals surface area (Å²) in [5, 5.41) is 8.58. The third kappa shape index (κ3) is 3.89. The van der Waals surface area contributed by atoms with Crippen LogP contribution in [0.5, 0.6) is 0 Å². The van der Waals surface area contributed by atoms with Crippen LogP contribution in [0.2, 0.25) is 0 Å². The Morgan fingerprint density at radius 1 is 1.12 bits per heavy atom. The number of hydrogen-bond donors (Lipinski definition) is 2. The molecule has 0 spiro atoms. The molecule has 1 fully saturated rings. The Morgan fingerprint density at radius 2 is 1.88 bits per heavy atom. The lowest BCUT2D eigenvalue weighted by Gasteiger charge is -2.36. The molecule has 0 atom stereocenters. The minimum Gasteiger partial charge on any atom is -0.472 e. The van der Waals surface area contributed by atoms with Crippen LogP contribution in [0, 0.1) is 0 Å². The summed E-state index contributed by atoms with van der Waals surface area (Å²) >= 11 is 0. The molecule has 0 saturated carbocycles. The maximum Gasteiger partial charge on any atom is 0.267 e. The summed E-state index contributed by atoms with van der Waals surface area (Å²) in [4.78, 5) is 27.5. The monoisotopic (exact) mass is 341 g/mol. The third-order valence-corrected chi connectivity index (χ3v) is 4.14. The van der Waals surface area contributed by atoms with Gasteiger partial charge < -0.3 is 14.2 Å². The van der Waals surface area contributed by atoms with Gasteiger partial charge in [-0.2, -0.15) is 0 Å². The minimum atomic E-state index is -0.578. The summed E-state index contributed by atoms with van der Waals surface area (Å²) in [7, 11) is 0. The van der Waals surface area contributed by atoms with Crippen molar-refractivity contribution in [2.24, 2.45) is 0 Å². The first-order valence-corrected chi connectivity index (χ1v) is 7.96. The van der Waals surface area contributed by atoms with E-state index in [4.69, 9.17) is 9.62 Å². The Kier molecular flexibility index (Phi) is 5.15. The summed E-state index contributed by atoms with van der Waals surface area (Å²) in [6.45, 7) is 2.61. The molecule has 130 valence electrons. The van der Waals surface area contributed by atoms with Crippen molar-refractivity contribution in [1.82, 2.24) is 10.4 Å². The van der Waals surface area contributed by atoms with E-state index in [-0.39, 0.29) is 5.91 Å². The molecule has 1 aliphatic rings. The Bertz CT molecular complexity index is 762. The smallest absolute Gasteiger partial charge is 0.267 e. The van der Waals surface area contributed by atoms with Crippen molar-refractivity contribution in [3.63, 3.8) is 0 Å². The molecule has 2 N–H and O–H groups in total. The van der Waals surface area contributed by atoms with E-state index in [0.29, 0.717) is 31.7 Å². The van der Waals surface area contributed by atoms with Crippen LogP contribution in [0.3, 0.4) is 0 Å². The third-order valence-electron chi connectivity index (χ3n) is 4.14. The second kappa shape index (κ2) is 7.67. The summed E-state index contributed by atoms with van der Waals surface area (Å²) < 4.78 is 4.97.